The van der Waals surface area contributed by atoms with Gasteiger partial charge in [0.1, 0.15) is 6.42 Å². The molecule has 1 spiro atoms. The zero-order valence-electron chi connectivity index (χ0n) is 16.6. The van der Waals surface area contributed by atoms with Crippen LogP contribution in [0.3, 0.4) is 0 Å². The first kappa shape index (κ1) is 20.6. The van der Waals surface area contributed by atoms with E-state index in [4.69, 9.17) is 11.6 Å². The minimum Gasteiger partial charge on any atom is -0.346 e. The maximum Gasteiger partial charge on any atom is 0.233 e. The summed E-state index contributed by atoms with van der Waals surface area (Å²) < 4.78 is 0. The van der Waals surface area contributed by atoms with Gasteiger partial charge in [-0.1, -0.05) is 17.7 Å². The van der Waals surface area contributed by atoms with Gasteiger partial charge in [-0.3, -0.25) is 14.4 Å². The number of amides is 3. The molecular formula is C21H28ClN3O3. The van der Waals surface area contributed by atoms with Crippen molar-refractivity contribution in [2.24, 2.45) is 5.41 Å². The van der Waals surface area contributed by atoms with Crippen molar-refractivity contribution in [1.29, 1.82) is 0 Å². The third-order valence-electron chi connectivity index (χ3n) is 6.23. The van der Waals surface area contributed by atoms with Gasteiger partial charge in [0.25, 0.3) is 0 Å². The van der Waals surface area contributed by atoms with Crippen LogP contribution in [-0.4, -0.2) is 54.2 Å². The van der Waals surface area contributed by atoms with E-state index in [2.05, 4.69) is 5.32 Å². The molecule has 1 N–H and O–H groups in total. The van der Waals surface area contributed by atoms with Gasteiger partial charge in [-0.05, 0) is 55.7 Å². The van der Waals surface area contributed by atoms with E-state index in [9.17, 15) is 14.4 Å². The molecule has 3 amide bonds. The number of nitrogens with one attached hydrogen (secondary N) is 1. The molecule has 3 rings (SSSR count). The normalized spacial score (nSPS) is 19.5. The third-order valence-corrected chi connectivity index (χ3v) is 6.47. The summed E-state index contributed by atoms with van der Waals surface area (Å²) in [4.78, 5) is 40.4. The number of nitrogens with zero attached hydrogens (tertiary/aromatic N) is 2. The topological polar surface area (TPSA) is 69.7 Å². The molecule has 6 nitrogen and oxygen atoms in total. The molecule has 2 heterocycles. The fraction of sp³-hybridized carbons (Fsp3) is 0.571. The molecule has 0 aromatic heterocycles. The molecule has 2 fully saturated rings. The highest BCUT2D eigenvalue weighted by molar-refractivity contribution is 6.31. The average Bonchev–Trinajstić information content (AvgIpc) is 2.79. The van der Waals surface area contributed by atoms with Gasteiger partial charge in [-0.15, -0.1) is 0 Å². The monoisotopic (exact) mass is 405 g/mol. The van der Waals surface area contributed by atoms with Crippen LogP contribution >= 0.6 is 11.6 Å². The summed E-state index contributed by atoms with van der Waals surface area (Å²) in [5.74, 6) is -0.255. The maximum absolute atomic E-state index is 12.6. The Bertz CT molecular complexity index is 772. The fourth-order valence-electron chi connectivity index (χ4n) is 4.12. The van der Waals surface area contributed by atoms with Gasteiger partial charge < -0.3 is 15.1 Å². The lowest BCUT2D eigenvalue weighted by Crippen LogP contribution is -2.44. The number of rotatable bonds is 3. The summed E-state index contributed by atoms with van der Waals surface area (Å²) in [6.07, 6.45) is 4.11. The second-order valence-electron chi connectivity index (χ2n) is 8.13. The highest BCUT2D eigenvalue weighted by Crippen LogP contribution is 2.41. The third kappa shape index (κ3) is 4.85. The summed E-state index contributed by atoms with van der Waals surface area (Å²) >= 11 is 5.98. The number of benzene rings is 1. The van der Waals surface area contributed by atoms with Crippen LogP contribution in [0, 0.1) is 12.3 Å². The molecule has 0 radical (unpaired) electrons. The van der Waals surface area contributed by atoms with Crippen molar-refractivity contribution in [3.05, 3.63) is 28.8 Å². The number of likely N-dealkylation sites (tertiary alicyclic amines) is 2. The number of piperidine rings is 1. The summed E-state index contributed by atoms with van der Waals surface area (Å²) in [6, 6.07) is 5.28. The Morgan fingerprint density at radius 1 is 1.14 bits per heavy atom. The fourth-order valence-corrected chi connectivity index (χ4v) is 4.29. The lowest BCUT2D eigenvalue weighted by molar-refractivity contribution is -0.137. The van der Waals surface area contributed by atoms with E-state index in [1.807, 2.05) is 24.9 Å². The Morgan fingerprint density at radius 3 is 2.54 bits per heavy atom. The number of anilines is 1. The van der Waals surface area contributed by atoms with Gasteiger partial charge in [-0.25, -0.2) is 0 Å². The second-order valence-corrected chi connectivity index (χ2v) is 8.57. The van der Waals surface area contributed by atoms with Crippen molar-refractivity contribution in [2.45, 2.75) is 45.4 Å². The molecule has 1 aromatic rings. The van der Waals surface area contributed by atoms with E-state index < -0.39 is 0 Å². The van der Waals surface area contributed by atoms with Crippen LogP contribution in [0.2, 0.25) is 5.02 Å². The van der Waals surface area contributed by atoms with E-state index in [-0.39, 0.29) is 29.6 Å². The molecule has 28 heavy (non-hydrogen) atoms. The minimum atomic E-state index is -0.322. The zero-order chi connectivity index (χ0) is 20.3. The zero-order valence-corrected chi connectivity index (χ0v) is 17.3. The molecule has 0 saturated carbocycles. The van der Waals surface area contributed by atoms with Crippen molar-refractivity contribution in [3.63, 3.8) is 0 Å². The first-order valence-corrected chi connectivity index (χ1v) is 10.2. The predicted molar refractivity (Wildman–Crippen MR) is 109 cm³/mol. The minimum absolute atomic E-state index is 0.145. The molecule has 7 heteroatoms. The first-order valence-electron chi connectivity index (χ1n) is 9.86. The van der Waals surface area contributed by atoms with Crippen molar-refractivity contribution in [1.82, 2.24) is 9.80 Å². The highest BCUT2D eigenvalue weighted by Gasteiger charge is 2.38. The van der Waals surface area contributed by atoms with Crippen LogP contribution < -0.4 is 5.32 Å². The Labute approximate surface area is 171 Å². The van der Waals surface area contributed by atoms with Gasteiger partial charge in [0.2, 0.25) is 17.7 Å². The summed E-state index contributed by atoms with van der Waals surface area (Å²) in [5, 5.41) is 3.32. The van der Waals surface area contributed by atoms with Crippen LogP contribution in [-0.2, 0) is 14.4 Å². The Hall–Kier alpha value is -2.08. The standard InChI is InChI=1S/C21H28ClN3O3/c1-15-3-4-16(22)13-17(15)23-18(26)14-20(28)25-11-8-21(9-12-25)6-5-19(27)24(2)10-7-21/h3-4,13H,5-12,14H2,1-2H3,(H,23,26). The van der Waals surface area contributed by atoms with Crippen molar-refractivity contribution in [3.8, 4) is 0 Å². The number of hydrogen-bond acceptors (Lipinski definition) is 3. The molecule has 0 bridgehead atoms. The molecule has 2 saturated heterocycles. The average molecular weight is 406 g/mol. The van der Waals surface area contributed by atoms with E-state index in [0.717, 1.165) is 37.8 Å². The number of carbonyl (C=O) groups is 3. The number of hydrogen-bond donors (Lipinski definition) is 1. The molecule has 2 aliphatic heterocycles. The van der Waals surface area contributed by atoms with Crippen LogP contribution in [0.1, 0.15) is 44.1 Å². The smallest absolute Gasteiger partial charge is 0.233 e. The molecule has 2 aliphatic rings. The van der Waals surface area contributed by atoms with E-state index >= 15 is 0 Å². The van der Waals surface area contributed by atoms with E-state index in [0.29, 0.717) is 30.2 Å². The molecule has 0 aliphatic carbocycles. The molecule has 0 atom stereocenters. The molecule has 0 unspecified atom stereocenters. The van der Waals surface area contributed by atoms with E-state index in [1.165, 1.54) is 0 Å². The van der Waals surface area contributed by atoms with Gasteiger partial charge in [0.15, 0.2) is 0 Å². The van der Waals surface area contributed by atoms with Gasteiger partial charge in [0, 0.05) is 43.8 Å². The first-order chi connectivity index (χ1) is 13.3. The Morgan fingerprint density at radius 2 is 1.82 bits per heavy atom. The maximum atomic E-state index is 12.6. The van der Waals surface area contributed by atoms with Gasteiger partial charge in [-0.2, -0.15) is 0 Å². The molecular weight excluding hydrogens is 378 g/mol. The van der Waals surface area contributed by atoms with Crippen LogP contribution in [0.25, 0.3) is 0 Å². The largest absolute Gasteiger partial charge is 0.346 e. The second kappa shape index (κ2) is 8.52. The van der Waals surface area contributed by atoms with Crippen molar-refractivity contribution >= 4 is 35.0 Å². The van der Waals surface area contributed by atoms with Crippen LogP contribution in [0.5, 0.6) is 0 Å². The quantitative estimate of drug-likeness (QED) is 0.785. The number of halogens is 1. The number of aryl methyl sites for hydroxylation is 1. The predicted octanol–water partition coefficient (Wildman–Crippen LogP) is 3.23. The van der Waals surface area contributed by atoms with Gasteiger partial charge >= 0.3 is 0 Å². The summed E-state index contributed by atoms with van der Waals surface area (Å²) in [6.45, 7) is 3.97. The highest BCUT2D eigenvalue weighted by atomic mass is 35.5. The van der Waals surface area contributed by atoms with Crippen molar-refractivity contribution in [2.75, 3.05) is 32.0 Å². The van der Waals surface area contributed by atoms with Gasteiger partial charge in [0.05, 0.1) is 0 Å². The van der Waals surface area contributed by atoms with Crippen LogP contribution in [0.15, 0.2) is 18.2 Å². The van der Waals surface area contributed by atoms with E-state index in [1.54, 1.807) is 17.0 Å². The lowest BCUT2D eigenvalue weighted by Gasteiger charge is -2.41. The summed E-state index contributed by atoms with van der Waals surface area (Å²) in [7, 11) is 1.86. The Balaban J connectivity index is 1.51. The Kier molecular flexibility index (Phi) is 6.28. The summed E-state index contributed by atoms with van der Waals surface area (Å²) in [5.41, 5.74) is 1.69. The van der Waals surface area contributed by atoms with Crippen LogP contribution in [0.4, 0.5) is 5.69 Å². The molecule has 1 aromatic carbocycles. The molecule has 152 valence electrons. The number of carbonyl (C=O) groups excluding carboxylic acids is 3. The van der Waals surface area contributed by atoms with Crippen molar-refractivity contribution < 1.29 is 14.4 Å². The lowest BCUT2D eigenvalue weighted by atomic mass is 9.73. The SMILES string of the molecule is Cc1ccc(Cl)cc1NC(=O)CC(=O)N1CCC2(CCC(=O)N(C)CC2)CC1.